The number of sulfone groups is 1. The molecule has 0 bridgehead atoms. The average Bonchev–Trinajstić information content (AvgIpc) is 2.34. The van der Waals surface area contributed by atoms with E-state index >= 15 is 0 Å². The monoisotopic (exact) mass is 269 g/mol. The Labute approximate surface area is 111 Å². The van der Waals surface area contributed by atoms with Crippen LogP contribution in [0.1, 0.15) is 32.8 Å². The quantitative estimate of drug-likeness (QED) is 0.863. The normalized spacial score (nSPS) is 15.3. The summed E-state index contributed by atoms with van der Waals surface area (Å²) >= 11 is 0. The van der Waals surface area contributed by atoms with Crippen molar-refractivity contribution in [3.05, 3.63) is 29.8 Å². The highest BCUT2D eigenvalue weighted by Gasteiger charge is 2.10. The van der Waals surface area contributed by atoms with Crippen LogP contribution in [-0.2, 0) is 16.4 Å². The van der Waals surface area contributed by atoms with Crippen molar-refractivity contribution in [3.63, 3.8) is 0 Å². The Bertz CT molecular complexity index is 465. The molecular formula is C14H23NO2S. The third kappa shape index (κ3) is 4.42. The van der Waals surface area contributed by atoms with Gasteiger partial charge in [-0.05, 0) is 30.5 Å². The average molecular weight is 269 g/mol. The summed E-state index contributed by atoms with van der Waals surface area (Å²) in [5.74, 6) is 0.639. The van der Waals surface area contributed by atoms with Crippen LogP contribution in [0.2, 0.25) is 0 Å². The summed E-state index contributed by atoms with van der Waals surface area (Å²) in [6, 6.07) is 7.53. The summed E-state index contributed by atoms with van der Waals surface area (Å²) in [7, 11) is -3.09. The number of rotatable bonds is 6. The second-order valence-electron chi connectivity index (χ2n) is 4.97. The molecule has 0 aromatic heterocycles. The van der Waals surface area contributed by atoms with Crippen LogP contribution in [0.3, 0.4) is 0 Å². The maximum absolute atomic E-state index is 11.3. The standard InChI is InChI=1S/C14H23NO2S/c1-5-11(2)12(3)15-10-13-6-8-14(9-7-13)18(4,16)17/h6-9,11-12,15H,5,10H2,1-4H3. The van der Waals surface area contributed by atoms with E-state index in [0.717, 1.165) is 18.5 Å². The first-order valence-corrected chi connectivity index (χ1v) is 8.26. The molecule has 0 heterocycles. The van der Waals surface area contributed by atoms with Gasteiger partial charge in [-0.25, -0.2) is 8.42 Å². The van der Waals surface area contributed by atoms with Crippen LogP contribution < -0.4 is 5.32 Å². The molecule has 0 fully saturated rings. The van der Waals surface area contributed by atoms with Gasteiger partial charge in [0.2, 0.25) is 0 Å². The van der Waals surface area contributed by atoms with Crippen LogP contribution in [-0.4, -0.2) is 20.7 Å². The van der Waals surface area contributed by atoms with Gasteiger partial charge in [0, 0.05) is 18.8 Å². The first-order chi connectivity index (χ1) is 8.34. The molecule has 4 heteroatoms. The fourth-order valence-electron chi connectivity index (χ4n) is 1.69. The third-order valence-electron chi connectivity index (χ3n) is 3.48. The molecule has 1 aromatic carbocycles. The molecule has 1 aromatic rings. The molecule has 0 saturated carbocycles. The first kappa shape index (κ1) is 15.2. The Hall–Kier alpha value is -0.870. The van der Waals surface area contributed by atoms with Gasteiger partial charge in [-0.3, -0.25) is 0 Å². The molecular weight excluding hydrogens is 246 g/mol. The summed E-state index contributed by atoms with van der Waals surface area (Å²) in [6.07, 6.45) is 2.38. The van der Waals surface area contributed by atoms with Crippen LogP contribution in [0.5, 0.6) is 0 Å². The molecule has 3 nitrogen and oxygen atoms in total. The van der Waals surface area contributed by atoms with Crippen molar-refractivity contribution in [3.8, 4) is 0 Å². The van der Waals surface area contributed by atoms with E-state index < -0.39 is 9.84 Å². The molecule has 18 heavy (non-hydrogen) atoms. The molecule has 0 aliphatic rings. The Morgan fingerprint density at radius 2 is 1.72 bits per heavy atom. The Kier molecular flexibility index (Phi) is 5.35. The van der Waals surface area contributed by atoms with Crippen LogP contribution in [0.4, 0.5) is 0 Å². The highest BCUT2D eigenvalue weighted by atomic mass is 32.2. The zero-order chi connectivity index (χ0) is 13.8. The second kappa shape index (κ2) is 6.34. The minimum absolute atomic E-state index is 0.376. The largest absolute Gasteiger partial charge is 0.310 e. The predicted octanol–water partition coefficient (Wildman–Crippen LogP) is 2.61. The zero-order valence-corrected chi connectivity index (χ0v) is 12.4. The smallest absolute Gasteiger partial charge is 0.175 e. The fourth-order valence-corrected chi connectivity index (χ4v) is 2.32. The lowest BCUT2D eigenvalue weighted by molar-refractivity contribution is 0.389. The number of hydrogen-bond acceptors (Lipinski definition) is 3. The summed E-state index contributed by atoms with van der Waals surface area (Å²) in [6.45, 7) is 7.36. The minimum Gasteiger partial charge on any atom is -0.310 e. The number of hydrogen-bond donors (Lipinski definition) is 1. The predicted molar refractivity (Wildman–Crippen MR) is 75.3 cm³/mol. The molecule has 0 spiro atoms. The molecule has 0 radical (unpaired) electrons. The van der Waals surface area contributed by atoms with Gasteiger partial charge in [0.15, 0.2) is 9.84 Å². The zero-order valence-electron chi connectivity index (χ0n) is 11.6. The van der Waals surface area contributed by atoms with Crippen molar-refractivity contribution in [2.75, 3.05) is 6.26 Å². The van der Waals surface area contributed by atoms with E-state index in [1.54, 1.807) is 12.1 Å². The van der Waals surface area contributed by atoms with Gasteiger partial charge in [-0.1, -0.05) is 32.4 Å². The summed E-state index contributed by atoms with van der Waals surface area (Å²) in [5, 5.41) is 3.46. The Morgan fingerprint density at radius 1 is 1.17 bits per heavy atom. The summed E-state index contributed by atoms with van der Waals surface area (Å²) in [5.41, 5.74) is 1.11. The van der Waals surface area contributed by atoms with Gasteiger partial charge in [0.05, 0.1) is 4.90 Å². The van der Waals surface area contributed by atoms with E-state index in [4.69, 9.17) is 0 Å². The van der Waals surface area contributed by atoms with Gasteiger partial charge in [-0.15, -0.1) is 0 Å². The molecule has 0 saturated heterocycles. The molecule has 2 unspecified atom stereocenters. The summed E-state index contributed by atoms with van der Waals surface area (Å²) < 4.78 is 22.6. The topological polar surface area (TPSA) is 46.2 Å². The van der Waals surface area contributed by atoms with Crippen molar-refractivity contribution in [1.29, 1.82) is 0 Å². The second-order valence-corrected chi connectivity index (χ2v) is 6.99. The van der Waals surface area contributed by atoms with E-state index in [1.807, 2.05) is 12.1 Å². The first-order valence-electron chi connectivity index (χ1n) is 6.37. The number of nitrogens with one attached hydrogen (secondary N) is 1. The lowest BCUT2D eigenvalue weighted by Gasteiger charge is -2.19. The van der Waals surface area contributed by atoms with Crippen LogP contribution in [0.15, 0.2) is 29.2 Å². The molecule has 102 valence electrons. The molecule has 0 aliphatic carbocycles. The van der Waals surface area contributed by atoms with E-state index in [9.17, 15) is 8.42 Å². The van der Waals surface area contributed by atoms with Crippen molar-refractivity contribution in [2.24, 2.45) is 5.92 Å². The highest BCUT2D eigenvalue weighted by molar-refractivity contribution is 7.90. The Morgan fingerprint density at radius 3 is 2.17 bits per heavy atom. The van der Waals surface area contributed by atoms with Gasteiger partial charge >= 0.3 is 0 Å². The molecule has 1 N–H and O–H groups in total. The maximum atomic E-state index is 11.3. The molecule has 0 aliphatic heterocycles. The fraction of sp³-hybridized carbons (Fsp3) is 0.571. The summed E-state index contributed by atoms with van der Waals surface area (Å²) in [4.78, 5) is 0.376. The van der Waals surface area contributed by atoms with Crippen molar-refractivity contribution >= 4 is 9.84 Å². The lowest BCUT2D eigenvalue weighted by Crippen LogP contribution is -2.31. The Balaban J connectivity index is 2.60. The lowest BCUT2D eigenvalue weighted by atomic mass is 10.0. The third-order valence-corrected chi connectivity index (χ3v) is 4.61. The van der Waals surface area contributed by atoms with Crippen molar-refractivity contribution in [2.45, 2.75) is 44.7 Å². The van der Waals surface area contributed by atoms with E-state index in [2.05, 4.69) is 26.1 Å². The number of benzene rings is 1. The highest BCUT2D eigenvalue weighted by Crippen LogP contribution is 2.11. The molecule has 0 amide bonds. The SMILES string of the molecule is CCC(C)C(C)NCc1ccc(S(C)(=O)=O)cc1. The van der Waals surface area contributed by atoms with Crippen molar-refractivity contribution in [1.82, 2.24) is 5.32 Å². The van der Waals surface area contributed by atoms with Crippen molar-refractivity contribution < 1.29 is 8.42 Å². The molecule has 2 atom stereocenters. The van der Waals surface area contributed by atoms with Crippen LogP contribution in [0, 0.1) is 5.92 Å². The van der Waals surface area contributed by atoms with Gasteiger partial charge in [0.25, 0.3) is 0 Å². The van der Waals surface area contributed by atoms with Gasteiger partial charge < -0.3 is 5.32 Å². The van der Waals surface area contributed by atoms with Crippen LogP contribution in [0.25, 0.3) is 0 Å². The minimum atomic E-state index is -3.09. The van der Waals surface area contributed by atoms with Gasteiger partial charge in [0.1, 0.15) is 0 Å². The van der Waals surface area contributed by atoms with E-state index in [1.165, 1.54) is 6.26 Å². The van der Waals surface area contributed by atoms with E-state index in [0.29, 0.717) is 16.9 Å². The maximum Gasteiger partial charge on any atom is 0.175 e. The van der Waals surface area contributed by atoms with Gasteiger partial charge in [-0.2, -0.15) is 0 Å². The van der Waals surface area contributed by atoms with E-state index in [-0.39, 0.29) is 0 Å². The molecule has 1 rings (SSSR count). The van der Waals surface area contributed by atoms with Crippen LogP contribution >= 0.6 is 0 Å².